The number of primary amides is 1. The number of esters is 1. The minimum Gasteiger partial charge on any atom is -0.455 e. The highest BCUT2D eigenvalue weighted by Crippen LogP contribution is 2.16. The molecule has 3 amide bonds. The number of hydrogen-bond acceptors (Lipinski definition) is 5. The van der Waals surface area contributed by atoms with E-state index in [4.69, 9.17) is 10.5 Å². The number of nitrogens with two attached hydrogens (primary N) is 1. The molecule has 0 bridgehead atoms. The minimum atomic E-state index is -0.665. The van der Waals surface area contributed by atoms with E-state index < -0.39 is 30.2 Å². The van der Waals surface area contributed by atoms with Crippen LogP contribution in [0.5, 0.6) is 0 Å². The lowest BCUT2D eigenvalue weighted by Crippen LogP contribution is -2.37. The molecule has 31 heavy (non-hydrogen) atoms. The van der Waals surface area contributed by atoms with Crippen LogP contribution in [0.4, 0.5) is 10.1 Å². The van der Waals surface area contributed by atoms with Crippen molar-refractivity contribution in [2.45, 2.75) is 19.3 Å². The van der Waals surface area contributed by atoms with Crippen LogP contribution in [0.2, 0.25) is 0 Å². The number of amides is 3. The summed E-state index contributed by atoms with van der Waals surface area (Å²) in [5.41, 5.74) is 6.33. The third-order valence-corrected chi connectivity index (χ3v) is 4.24. The Bertz CT molecular complexity index is 903. The highest BCUT2D eigenvalue weighted by Gasteiger charge is 2.18. The summed E-state index contributed by atoms with van der Waals surface area (Å²) in [6.45, 7) is -0.526. The van der Waals surface area contributed by atoms with Crippen LogP contribution in [0.3, 0.4) is 0 Å². The van der Waals surface area contributed by atoms with Crippen molar-refractivity contribution in [3.8, 4) is 0 Å². The van der Waals surface area contributed by atoms with Crippen molar-refractivity contribution in [2.75, 3.05) is 24.6 Å². The van der Waals surface area contributed by atoms with E-state index >= 15 is 0 Å². The highest BCUT2D eigenvalue weighted by atomic mass is 19.1. The van der Waals surface area contributed by atoms with Crippen LogP contribution >= 0.6 is 0 Å². The Balaban J connectivity index is 1.78. The average molecular weight is 429 g/mol. The van der Waals surface area contributed by atoms with E-state index in [1.807, 2.05) is 30.3 Å². The first-order valence-corrected chi connectivity index (χ1v) is 9.65. The molecule has 0 heterocycles. The van der Waals surface area contributed by atoms with Gasteiger partial charge in [0.05, 0.1) is 12.8 Å². The van der Waals surface area contributed by atoms with E-state index in [-0.39, 0.29) is 38.3 Å². The van der Waals surface area contributed by atoms with Crippen LogP contribution in [-0.4, -0.2) is 43.4 Å². The lowest BCUT2D eigenvalue weighted by Gasteiger charge is -2.22. The van der Waals surface area contributed by atoms with Gasteiger partial charge in [-0.15, -0.1) is 0 Å². The predicted molar refractivity (Wildman–Crippen MR) is 111 cm³/mol. The van der Waals surface area contributed by atoms with Gasteiger partial charge in [0.1, 0.15) is 5.82 Å². The topological polar surface area (TPSA) is 119 Å². The van der Waals surface area contributed by atoms with Gasteiger partial charge < -0.3 is 20.7 Å². The summed E-state index contributed by atoms with van der Waals surface area (Å²) in [6.07, 6.45) is -0.0168. The number of nitrogens with one attached hydrogen (secondary N) is 1. The first-order valence-electron chi connectivity index (χ1n) is 9.65. The van der Waals surface area contributed by atoms with Crippen LogP contribution in [0.1, 0.15) is 18.4 Å². The zero-order valence-corrected chi connectivity index (χ0v) is 16.9. The lowest BCUT2D eigenvalue weighted by molar-refractivity contribution is -0.147. The van der Waals surface area contributed by atoms with Crippen molar-refractivity contribution < 1.29 is 28.3 Å². The standard InChI is InChI=1S/C22H24FN3O5/c23-17-6-8-18(9-7-17)26(13-11-19(24)27)21(29)15-31-22(30)10-12-25-20(28)14-16-4-2-1-3-5-16/h1-9H,10-15H2,(H2,24,27)(H,25,28). The maximum Gasteiger partial charge on any atom is 0.308 e. The number of hydrogen-bond donors (Lipinski definition) is 2. The summed E-state index contributed by atoms with van der Waals surface area (Å²) in [5, 5.41) is 2.61. The summed E-state index contributed by atoms with van der Waals surface area (Å²) in [4.78, 5) is 48.5. The fourth-order valence-corrected chi connectivity index (χ4v) is 2.68. The van der Waals surface area contributed by atoms with Crippen LogP contribution in [0, 0.1) is 5.82 Å². The van der Waals surface area contributed by atoms with Crippen molar-refractivity contribution >= 4 is 29.4 Å². The molecular weight excluding hydrogens is 405 g/mol. The fourth-order valence-electron chi connectivity index (χ4n) is 2.68. The molecule has 2 aromatic rings. The van der Waals surface area contributed by atoms with Crippen molar-refractivity contribution in [3.05, 3.63) is 66.0 Å². The van der Waals surface area contributed by atoms with Gasteiger partial charge in [-0.1, -0.05) is 30.3 Å². The average Bonchev–Trinajstić information content (AvgIpc) is 2.74. The summed E-state index contributed by atoms with van der Waals surface area (Å²) < 4.78 is 18.1. The molecule has 2 rings (SSSR count). The first kappa shape index (κ1) is 23.5. The fraction of sp³-hybridized carbons (Fsp3) is 0.273. The number of nitrogens with zero attached hydrogens (tertiary/aromatic N) is 1. The number of ether oxygens (including phenoxy) is 1. The van der Waals surface area contributed by atoms with Gasteiger partial charge in [-0.2, -0.15) is 0 Å². The summed E-state index contributed by atoms with van der Waals surface area (Å²) in [5.74, 6) is -2.57. The Labute approximate surface area is 179 Å². The van der Waals surface area contributed by atoms with Gasteiger partial charge in [0.2, 0.25) is 11.8 Å². The molecule has 2 aromatic carbocycles. The molecule has 0 saturated heterocycles. The normalized spacial score (nSPS) is 10.2. The van der Waals surface area contributed by atoms with E-state index in [1.165, 1.54) is 29.2 Å². The predicted octanol–water partition coefficient (Wildman–Crippen LogP) is 1.33. The molecule has 0 aliphatic rings. The zero-order valence-electron chi connectivity index (χ0n) is 16.9. The second kappa shape index (κ2) is 12.1. The van der Waals surface area contributed by atoms with Crippen LogP contribution in [0.15, 0.2) is 54.6 Å². The molecule has 9 heteroatoms. The number of carbonyl (C=O) groups is 4. The van der Waals surface area contributed by atoms with Gasteiger partial charge in [0.25, 0.3) is 5.91 Å². The molecule has 0 aliphatic carbocycles. The van der Waals surface area contributed by atoms with E-state index in [2.05, 4.69) is 5.32 Å². The number of anilines is 1. The van der Waals surface area contributed by atoms with Gasteiger partial charge in [0, 0.05) is 25.2 Å². The molecule has 0 unspecified atom stereocenters. The number of carbonyl (C=O) groups excluding carboxylic acids is 4. The van der Waals surface area contributed by atoms with E-state index in [0.717, 1.165) is 5.56 Å². The van der Waals surface area contributed by atoms with Crippen molar-refractivity contribution in [2.24, 2.45) is 5.73 Å². The molecule has 0 saturated carbocycles. The number of halogens is 1. The lowest BCUT2D eigenvalue weighted by atomic mass is 10.1. The molecule has 0 aliphatic heterocycles. The van der Waals surface area contributed by atoms with Crippen molar-refractivity contribution in [1.29, 1.82) is 0 Å². The summed E-state index contributed by atoms with van der Waals surface area (Å²) in [7, 11) is 0. The minimum absolute atomic E-state index is 0.0348. The van der Waals surface area contributed by atoms with Crippen LogP contribution in [-0.2, 0) is 30.3 Å². The van der Waals surface area contributed by atoms with E-state index in [0.29, 0.717) is 5.69 Å². The van der Waals surface area contributed by atoms with Crippen LogP contribution < -0.4 is 16.0 Å². The quantitative estimate of drug-likeness (QED) is 0.523. The highest BCUT2D eigenvalue weighted by molar-refractivity contribution is 5.95. The second-order valence-corrected chi connectivity index (χ2v) is 6.66. The summed E-state index contributed by atoms with van der Waals surface area (Å²) in [6, 6.07) is 14.2. The van der Waals surface area contributed by atoms with Gasteiger partial charge in [-0.05, 0) is 29.8 Å². The molecule has 0 aromatic heterocycles. The monoisotopic (exact) mass is 429 g/mol. The third kappa shape index (κ3) is 8.65. The van der Waals surface area contributed by atoms with E-state index in [1.54, 1.807) is 0 Å². The van der Waals surface area contributed by atoms with Gasteiger partial charge in [-0.25, -0.2) is 4.39 Å². The third-order valence-electron chi connectivity index (χ3n) is 4.24. The van der Waals surface area contributed by atoms with Gasteiger partial charge in [-0.3, -0.25) is 19.2 Å². The first-order chi connectivity index (χ1) is 14.8. The molecule has 8 nitrogen and oxygen atoms in total. The number of rotatable bonds is 11. The van der Waals surface area contributed by atoms with Gasteiger partial charge >= 0.3 is 5.97 Å². The molecule has 0 fully saturated rings. The Morgan fingerprint density at radius 2 is 1.65 bits per heavy atom. The van der Waals surface area contributed by atoms with E-state index in [9.17, 15) is 23.6 Å². The molecule has 0 spiro atoms. The Morgan fingerprint density at radius 3 is 2.29 bits per heavy atom. The Morgan fingerprint density at radius 1 is 0.968 bits per heavy atom. The van der Waals surface area contributed by atoms with Crippen LogP contribution in [0.25, 0.3) is 0 Å². The largest absolute Gasteiger partial charge is 0.455 e. The van der Waals surface area contributed by atoms with Crippen molar-refractivity contribution in [3.63, 3.8) is 0 Å². The number of benzene rings is 2. The molecule has 0 atom stereocenters. The maximum atomic E-state index is 13.1. The maximum absolute atomic E-state index is 13.1. The second-order valence-electron chi connectivity index (χ2n) is 6.66. The molecule has 0 radical (unpaired) electrons. The molecular formula is C22H24FN3O5. The SMILES string of the molecule is NC(=O)CCN(C(=O)COC(=O)CCNC(=O)Cc1ccccc1)c1ccc(F)cc1. The van der Waals surface area contributed by atoms with Gasteiger partial charge in [0.15, 0.2) is 6.61 Å². The molecule has 164 valence electrons. The zero-order chi connectivity index (χ0) is 22.6. The summed E-state index contributed by atoms with van der Waals surface area (Å²) >= 11 is 0. The molecule has 3 N–H and O–H groups in total. The smallest absolute Gasteiger partial charge is 0.308 e. The van der Waals surface area contributed by atoms with Crippen molar-refractivity contribution in [1.82, 2.24) is 5.32 Å². The Hall–Kier alpha value is -3.75. The Kier molecular flexibility index (Phi) is 9.15.